The van der Waals surface area contributed by atoms with Gasteiger partial charge in [0, 0.05) is 29.4 Å². The number of hydrogen-bond acceptors (Lipinski definition) is 5. The summed E-state index contributed by atoms with van der Waals surface area (Å²) in [4.78, 5) is 8.59. The Morgan fingerprint density at radius 1 is 1.14 bits per heavy atom. The Balaban J connectivity index is 1.99. The number of aliphatic hydroxyl groups excluding tert-OH is 1. The maximum atomic E-state index is 10.0. The average molecular weight is 294 g/mol. The van der Waals surface area contributed by atoms with Gasteiger partial charge in [0.05, 0.1) is 17.5 Å². The lowest BCUT2D eigenvalue weighted by Gasteiger charge is -2.10. The predicted octanol–water partition coefficient (Wildman–Crippen LogP) is 3.23. The molecule has 0 aliphatic rings. The van der Waals surface area contributed by atoms with Crippen LogP contribution in [0.1, 0.15) is 37.1 Å². The number of pyridine rings is 2. The van der Waals surface area contributed by atoms with Crippen molar-refractivity contribution >= 4 is 10.8 Å². The van der Waals surface area contributed by atoms with Crippen LogP contribution in [0.25, 0.3) is 22.2 Å². The summed E-state index contributed by atoms with van der Waals surface area (Å²) in [6, 6.07) is 5.77. The second kappa shape index (κ2) is 6.15. The number of hydrogen-bond donors (Lipinski definition) is 1. The molecule has 0 fully saturated rings. The number of aryl methyl sites for hydroxylation is 1. The minimum atomic E-state index is -0.556. The molecule has 1 unspecified atom stereocenters. The van der Waals surface area contributed by atoms with Gasteiger partial charge in [-0.15, -0.1) is 5.10 Å². The van der Waals surface area contributed by atoms with Gasteiger partial charge in [-0.05, 0) is 37.1 Å². The number of aliphatic hydroxyl groups is 1. The molecule has 3 aromatic heterocycles. The third-order valence-electron chi connectivity index (χ3n) is 3.67. The Morgan fingerprint density at radius 3 is 2.77 bits per heavy atom. The lowest BCUT2D eigenvalue weighted by Crippen LogP contribution is -2.04. The first-order chi connectivity index (χ1) is 10.7. The van der Waals surface area contributed by atoms with Crippen LogP contribution in [0.2, 0.25) is 0 Å². The van der Waals surface area contributed by atoms with Crippen LogP contribution in [0.3, 0.4) is 0 Å². The fourth-order valence-corrected chi connectivity index (χ4v) is 2.45. The quantitative estimate of drug-likeness (QED) is 0.800. The van der Waals surface area contributed by atoms with Crippen molar-refractivity contribution in [2.24, 2.45) is 0 Å². The Kier molecular flexibility index (Phi) is 4.06. The molecule has 112 valence electrons. The highest BCUT2D eigenvalue weighted by Gasteiger charge is 2.13. The first-order valence-corrected chi connectivity index (χ1v) is 7.41. The van der Waals surface area contributed by atoms with E-state index >= 15 is 0 Å². The zero-order valence-electron chi connectivity index (χ0n) is 12.7. The van der Waals surface area contributed by atoms with E-state index in [9.17, 15) is 5.11 Å². The van der Waals surface area contributed by atoms with Crippen LogP contribution in [0.4, 0.5) is 0 Å². The fourth-order valence-electron chi connectivity index (χ4n) is 2.45. The van der Waals surface area contributed by atoms with E-state index in [4.69, 9.17) is 0 Å². The van der Waals surface area contributed by atoms with Gasteiger partial charge < -0.3 is 5.11 Å². The largest absolute Gasteiger partial charge is 0.387 e. The second-order valence-corrected chi connectivity index (χ2v) is 5.40. The highest BCUT2D eigenvalue weighted by molar-refractivity contribution is 5.84. The maximum absolute atomic E-state index is 10.0. The third kappa shape index (κ3) is 2.80. The van der Waals surface area contributed by atoms with E-state index < -0.39 is 6.10 Å². The molecule has 0 saturated heterocycles. The first-order valence-electron chi connectivity index (χ1n) is 7.41. The monoisotopic (exact) mass is 294 g/mol. The Bertz CT molecular complexity index is 804. The number of fused-ring (bicyclic) bond motifs is 1. The van der Waals surface area contributed by atoms with Gasteiger partial charge in [0.25, 0.3) is 0 Å². The molecule has 0 saturated carbocycles. The summed E-state index contributed by atoms with van der Waals surface area (Å²) in [6.45, 7) is 3.99. The summed E-state index contributed by atoms with van der Waals surface area (Å²) in [5, 5.41) is 20.5. The zero-order chi connectivity index (χ0) is 15.5. The molecule has 0 aromatic carbocycles. The van der Waals surface area contributed by atoms with Crippen LogP contribution in [-0.4, -0.2) is 25.3 Å². The normalized spacial score (nSPS) is 12.5. The molecule has 5 nitrogen and oxygen atoms in total. The van der Waals surface area contributed by atoms with Gasteiger partial charge in [0.2, 0.25) is 0 Å². The molecule has 5 heteroatoms. The van der Waals surface area contributed by atoms with Gasteiger partial charge in [0.1, 0.15) is 5.69 Å². The molecule has 22 heavy (non-hydrogen) atoms. The van der Waals surface area contributed by atoms with Crippen LogP contribution in [0, 0.1) is 6.92 Å². The Hall–Kier alpha value is -2.40. The van der Waals surface area contributed by atoms with Crippen LogP contribution in [0.15, 0.2) is 36.8 Å². The van der Waals surface area contributed by atoms with Crippen molar-refractivity contribution in [1.29, 1.82) is 0 Å². The SMILES string of the molecule is CCCC(O)c1cc(C)c(-c2cc3cnccc3cn2)nn1. The van der Waals surface area contributed by atoms with Gasteiger partial charge >= 0.3 is 0 Å². The summed E-state index contributed by atoms with van der Waals surface area (Å²) in [6.07, 6.45) is 6.41. The summed E-state index contributed by atoms with van der Waals surface area (Å²) in [5.41, 5.74) is 3.07. The summed E-state index contributed by atoms with van der Waals surface area (Å²) >= 11 is 0. The van der Waals surface area contributed by atoms with E-state index in [0.29, 0.717) is 12.1 Å². The van der Waals surface area contributed by atoms with Crippen LogP contribution >= 0.6 is 0 Å². The van der Waals surface area contributed by atoms with E-state index in [1.807, 2.05) is 44.4 Å². The molecule has 3 aromatic rings. The van der Waals surface area contributed by atoms with Gasteiger partial charge in [-0.1, -0.05) is 13.3 Å². The van der Waals surface area contributed by atoms with Crippen molar-refractivity contribution in [2.45, 2.75) is 32.8 Å². The molecule has 0 spiro atoms. The highest BCUT2D eigenvalue weighted by Crippen LogP contribution is 2.24. The summed E-state index contributed by atoms with van der Waals surface area (Å²) < 4.78 is 0. The van der Waals surface area contributed by atoms with Crippen molar-refractivity contribution in [2.75, 3.05) is 0 Å². The van der Waals surface area contributed by atoms with E-state index in [2.05, 4.69) is 20.2 Å². The van der Waals surface area contributed by atoms with Gasteiger partial charge in [-0.25, -0.2) is 0 Å². The van der Waals surface area contributed by atoms with Gasteiger partial charge in [0.15, 0.2) is 0 Å². The molecule has 0 aliphatic heterocycles. The highest BCUT2D eigenvalue weighted by atomic mass is 16.3. The van der Waals surface area contributed by atoms with Crippen molar-refractivity contribution in [3.05, 3.63) is 48.0 Å². The molecule has 0 amide bonds. The van der Waals surface area contributed by atoms with E-state index in [1.165, 1.54) is 0 Å². The van der Waals surface area contributed by atoms with Crippen molar-refractivity contribution in [1.82, 2.24) is 20.2 Å². The lowest BCUT2D eigenvalue weighted by molar-refractivity contribution is 0.160. The third-order valence-corrected chi connectivity index (χ3v) is 3.67. The van der Waals surface area contributed by atoms with Gasteiger partial charge in [-0.2, -0.15) is 5.10 Å². The maximum Gasteiger partial charge on any atom is 0.114 e. The average Bonchev–Trinajstić information content (AvgIpc) is 2.54. The molecule has 0 bridgehead atoms. The zero-order valence-corrected chi connectivity index (χ0v) is 12.7. The van der Waals surface area contributed by atoms with Gasteiger partial charge in [-0.3, -0.25) is 9.97 Å². The van der Waals surface area contributed by atoms with E-state index in [1.54, 1.807) is 6.20 Å². The topological polar surface area (TPSA) is 71.8 Å². The molecule has 0 aliphatic carbocycles. The molecule has 3 rings (SSSR count). The summed E-state index contributed by atoms with van der Waals surface area (Å²) in [7, 11) is 0. The summed E-state index contributed by atoms with van der Waals surface area (Å²) in [5.74, 6) is 0. The Labute approximate surface area is 129 Å². The minimum Gasteiger partial charge on any atom is -0.387 e. The molecular formula is C17H18N4O. The standard InChI is InChI=1S/C17H18N4O/c1-3-4-16(22)14-7-11(2)17(21-20-14)15-8-13-9-18-6-5-12(13)10-19-15/h5-10,16,22H,3-4H2,1-2H3. The molecule has 1 atom stereocenters. The minimum absolute atomic E-state index is 0.556. The van der Waals surface area contributed by atoms with Crippen molar-refractivity contribution in [3.63, 3.8) is 0 Å². The Morgan fingerprint density at radius 2 is 2.00 bits per heavy atom. The molecule has 0 radical (unpaired) electrons. The van der Waals surface area contributed by atoms with Crippen molar-refractivity contribution < 1.29 is 5.11 Å². The van der Waals surface area contributed by atoms with E-state index in [0.717, 1.165) is 34.1 Å². The number of rotatable bonds is 4. The lowest BCUT2D eigenvalue weighted by atomic mass is 10.1. The molecule has 3 heterocycles. The van der Waals surface area contributed by atoms with Crippen LogP contribution in [0.5, 0.6) is 0 Å². The fraction of sp³-hybridized carbons (Fsp3) is 0.294. The second-order valence-electron chi connectivity index (χ2n) is 5.40. The molecular weight excluding hydrogens is 276 g/mol. The predicted molar refractivity (Wildman–Crippen MR) is 85.2 cm³/mol. The van der Waals surface area contributed by atoms with E-state index in [-0.39, 0.29) is 0 Å². The van der Waals surface area contributed by atoms with Crippen LogP contribution in [-0.2, 0) is 0 Å². The molecule has 1 N–H and O–H groups in total. The van der Waals surface area contributed by atoms with Crippen molar-refractivity contribution in [3.8, 4) is 11.4 Å². The smallest absolute Gasteiger partial charge is 0.114 e. The van der Waals surface area contributed by atoms with Crippen LogP contribution < -0.4 is 0 Å². The number of aromatic nitrogens is 4. The first kappa shape index (κ1) is 14.5. The number of nitrogens with zero attached hydrogens (tertiary/aromatic N) is 4.